The van der Waals surface area contributed by atoms with Crippen molar-refractivity contribution in [3.8, 4) is 0 Å². The van der Waals surface area contributed by atoms with Crippen LogP contribution in [-0.2, 0) is 103 Å². The summed E-state index contributed by atoms with van der Waals surface area (Å²) in [4.78, 5) is 26.9. The molecule has 0 N–H and O–H groups in total. The molecule has 0 aromatic carbocycles. The lowest BCUT2D eigenvalue weighted by Gasteiger charge is -2.51. The van der Waals surface area contributed by atoms with E-state index in [0.29, 0.717) is 0 Å². The molecule has 0 radical (unpaired) electrons. The zero-order chi connectivity index (χ0) is 49.2. The van der Waals surface area contributed by atoms with Crippen LogP contribution in [0.15, 0.2) is 12.2 Å². The van der Waals surface area contributed by atoms with Gasteiger partial charge in [-0.05, 0) is 89.0 Å². The van der Waals surface area contributed by atoms with Crippen LogP contribution in [0.1, 0.15) is 90.0 Å². The fraction of sp³-hybridized carbons (Fsp3) is 0.913. The Morgan fingerprint density at radius 1 is 0.493 bits per heavy atom. The van der Waals surface area contributed by atoms with Crippen molar-refractivity contribution in [1.82, 2.24) is 0 Å². The molecular weight excluding hydrogens is 933 g/mol. The third kappa shape index (κ3) is 8.73. The van der Waals surface area contributed by atoms with Crippen LogP contribution in [0.5, 0.6) is 0 Å². The summed E-state index contributed by atoms with van der Waals surface area (Å²) in [6.07, 6.45) is -5.08. The Bertz CT molecular complexity index is 1900. The van der Waals surface area contributed by atoms with E-state index in [2.05, 4.69) is 0 Å². The van der Waals surface area contributed by atoms with Gasteiger partial charge < -0.3 is 93.5 Å². The summed E-state index contributed by atoms with van der Waals surface area (Å²) in [5.41, 5.74) is 0. The van der Waals surface area contributed by atoms with E-state index >= 15 is 0 Å². The molecule has 10 aliphatic heterocycles. The highest BCUT2D eigenvalue weighted by atomic mass is 28.4. The molecule has 10 heterocycles. The van der Waals surface area contributed by atoms with Gasteiger partial charge in [-0.3, -0.25) is 9.59 Å². The number of allylic oxidation sites excluding steroid dienone is 1. The molecule has 0 aromatic heterocycles. The van der Waals surface area contributed by atoms with Crippen molar-refractivity contribution < 1.29 is 103 Å². The van der Waals surface area contributed by atoms with Crippen LogP contribution < -0.4 is 0 Å². The summed E-state index contributed by atoms with van der Waals surface area (Å²) in [7, 11) is -5.30. The van der Waals surface area contributed by atoms with Crippen molar-refractivity contribution in [1.29, 1.82) is 0 Å². The summed E-state index contributed by atoms with van der Waals surface area (Å²) < 4.78 is 134. The zero-order valence-electron chi connectivity index (χ0n) is 41.6. The van der Waals surface area contributed by atoms with Gasteiger partial charge in [-0.2, -0.15) is 0 Å². The molecule has 4 unspecified atom stereocenters. The van der Waals surface area contributed by atoms with E-state index in [9.17, 15) is 9.59 Å². The molecule has 0 bridgehead atoms. The van der Waals surface area contributed by atoms with Gasteiger partial charge in [-0.25, -0.2) is 0 Å². The van der Waals surface area contributed by atoms with Gasteiger partial charge in [-0.1, -0.05) is 19.1 Å². The second-order valence-electron chi connectivity index (χ2n) is 22.8. The Kier molecular flexibility index (Phi) is 11.6. The molecule has 69 heavy (non-hydrogen) atoms. The fourth-order valence-electron chi connectivity index (χ4n) is 11.8. The molecule has 10 fully saturated rings. The van der Waals surface area contributed by atoms with Gasteiger partial charge in [0.2, 0.25) is 17.4 Å². The number of fused-ring (bicyclic) bond motifs is 4. The van der Waals surface area contributed by atoms with Gasteiger partial charge >= 0.3 is 21.0 Å². The van der Waals surface area contributed by atoms with Crippen molar-refractivity contribution in [2.45, 2.75) is 197 Å². The highest BCUT2D eigenvalue weighted by molar-refractivity contribution is 6.53. The van der Waals surface area contributed by atoms with Gasteiger partial charge in [0, 0.05) is 12.5 Å². The average molecular weight is 1000 g/mol. The lowest BCUT2D eigenvalue weighted by molar-refractivity contribution is -0.356. The maximum Gasteiger partial charge on any atom is 0.681 e. The van der Waals surface area contributed by atoms with Crippen LogP contribution in [0.3, 0.4) is 0 Å². The molecule has 0 amide bonds. The molecule has 0 saturated carbocycles. The first-order chi connectivity index (χ1) is 32.0. The number of cyclic esters (lactones) is 2. The number of ether oxygens (including phenoxy) is 16. The van der Waals surface area contributed by atoms with Gasteiger partial charge in [0.15, 0.2) is 34.7 Å². The molecule has 388 valence electrons. The molecule has 1 aliphatic carbocycles. The molecule has 23 heteroatoms. The Hall–Kier alpha value is -1.66. The maximum absolute atomic E-state index is 13.7. The Morgan fingerprint density at radius 2 is 0.855 bits per heavy atom. The minimum atomic E-state index is -5.30. The van der Waals surface area contributed by atoms with Crippen molar-refractivity contribution in [3.05, 3.63) is 12.2 Å². The van der Waals surface area contributed by atoms with Crippen molar-refractivity contribution in [3.63, 3.8) is 0 Å². The van der Waals surface area contributed by atoms with Crippen LogP contribution in [0.25, 0.3) is 0 Å². The molecule has 3 spiro atoms. The molecule has 22 nitrogen and oxygen atoms in total. The van der Waals surface area contributed by atoms with Crippen molar-refractivity contribution in [2.75, 3.05) is 46.2 Å². The van der Waals surface area contributed by atoms with Crippen LogP contribution in [0.4, 0.5) is 0 Å². The number of esters is 2. The van der Waals surface area contributed by atoms with Crippen LogP contribution in [-0.4, -0.2) is 174 Å². The Morgan fingerprint density at radius 3 is 1.20 bits per heavy atom. The number of rotatable bonds is 9. The standard InChI is InChI=1S/C46H68O22Si/c1-23-14-15-24(29-28(23)36(47)56-37(29)48)16-55-69(63-33-30-25(57-41(8,9)60-30)17-49-44(33)20-52-38(2,3)66-44,64-34-31-26(58-42(10,11)61-31)18-50-45(34)21-53-39(4,5)67-45)65-35-32-27(59-43(12,13)62-32)19-51-46(35)22-54-40(6,7)68-46/h14-15,23-35H,16-22H2,1-13H3/t23?,24?,25-,26-,27-,28?,29?,30-,31-,32-,33+,34+,35+,44+,45+,46+/m1/s1. The normalized spacial score (nSPS) is 48.3. The Labute approximate surface area is 402 Å². The minimum absolute atomic E-state index is 0.0441. The summed E-state index contributed by atoms with van der Waals surface area (Å²) in [5, 5.41) is 0. The quantitative estimate of drug-likeness (QED) is 0.140. The van der Waals surface area contributed by atoms with Gasteiger partial charge in [0.1, 0.15) is 74.8 Å². The topological polar surface area (TPSA) is 219 Å². The zero-order valence-corrected chi connectivity index (χ0v) is 42.6. The molecule has 16 atom stereocenters. The fourth-order valence-corrected chi connectivity index (χ4v) is 14.5. The van der Waals surface area contributed by atoms with Crippen LogP contribution >= 0.6 is 0 Å². The lowest BCUT2D eigenvalue weighted by atomic mass is 9.73. The lowest BCUT2D eigenvalue weighted by Crippen LogP contribution is -2.73. The van der Waals surface area contributed by atoms with E-state index in [1.54, 1.807) is 83.1 Å². The van der Waals surface area contributed by atoms with E-state index in [1.165, 1.54) is 0 Å². The number of carbonyl (C=O) groups is 2. The summed E-state index contributed by atoms with van der Waals surface area (Å²) in [6.45, 7) is 22.6. The number of hydrogen-bond acceptors (Lipinski definition) is 22. The summed E-state index contributed by atoms with van der Waals surface area (Å²) >= 11 is 0. The van der Waals surface area contributed by atoms with E-state index in [-0.39, 0.29) is 52.2 Å². The molecule has 10 saturated heterocycles. The highest BCUT2D eigenvalue weighted by Crippen LogP contribution is 2.53. The first-order valence-electron chi connectivity index (χ1n) is 24.2. The van der Waals surface area contributed by atoms with Gasteiger partial charge in [0.25, 0.3) is 0 Å². The summed E-state index contributed by atoms with van der Waals surface area (Å²) in [6, 6.07) is 0. The second-order valence-corrected chi connectivity index (χ2v) is 24.8. The molecule has 11 rings (SSSR count). The smallest absolute Gasteiger partial charge is 0.393 e. The predicted molar refractivity (Wildman–Crippen MR) is 227 cm³/mol. The first kappa shape index (κ1) is 49.5. The third-order valence-electron chi connectivity index (χ3n) is 14.5. The van der Waals surface area contributed by atoms with Gasteiger partial charge in [0.05, 0.1) is 31.7 Å². The van der Waals surface area contributed by atoms with Crippen LogP contribution in [0.2, 0.25) is 0 Å². The molecule has 0 aromatic rings. The van der Waals surface area contributed by atoms with Gasteiger partial charge in [-0.15, -0.1) is 0 Å². The number of carbonyl (C=O) groups excluding carboxylic acids is 2. The average Bonchev–Trinajstić information content (AvgIpc) is 4.09. The first-order valence-corrected chi connectivity index (χ1v) is 25.8. The highest BCUT2D eigenvalue weighted by Gasteiger charge is 2.74. The maximum atomic E-state index is 13.7. The summed E-state index contributed by atoms with van der Waals surface area (Å²) in [5.74, 6) is -16.0. The van der Waals surface area contributed by atoms with Crippen molar-refractivity contribution >= 4 is 21.0 Å². The van der Waals surface area contributed by atoms with Crippen LogP contribution in [0, 0.1) is 23.7 Å². The predicted octanol–water partition coefficient (Wildman–Crippen LogP) is 2.82. The largest absolute Gasteiger partial charge is 0.681 e. The SMILES string of the molecule is CC1C=CC(CO[Si](O[C@H]2[C@@H]3OC(C)(C)O[C@@H]3CO[C@]23COC(C)(C)O3)(O[C@H]2[C@@H]3OC(C)(C)O[C@@H]3CO[C@]23COC(C)(C)O3)O[C@H]2[C@@H]3OC(C)(C)O[C@@H]3CO[C@]23COC(C)(C)O3)C2C(=O)OC(=O)C12. The number of hydrogen-bond donors (Lipinski definition) is 0. The van der Waals surface area contributed by atoms with E-state index < -0.39 is 146 Å². The minimum Gasteiger partial charge on any atom is -0.393 e. The van der Waals surface area contributed by atoms with E-state index in [1.807, 2.05) is 19.1 Å². The molecule has 11 aliphatic rings. The van der Waals surface area contributed by atoms with E-state index in [4.69, 9.17) is 93.5 Å². The van der Waals surface area contributed by atoms with E-state index in [0.717, 1.165) is 0 Å². The van der Waals surface area contributed by atoms with Crippen molar-refractivity contribution in [2.24, 2.45) is 23.7 Å². The molecular formula is C46H68O22Si. The third-order valence-corrected chi connectivity index (χ3v) is 16.7. The second kappa shape index (κ2) is 16.2. The Balaban J connectivity index is 1.10. The monoisotopic (exact) mass is 1000 g/mol.